The molecule has 2 amide bonds. The molecule has 0 saturated heterocycles. The maximum absolute atomic E-state index is 11.9. The van der Waals surface area contributed by atoms with E-state index in [0.717, 1.165) is 35.2 Å². The van der Waals surface area contributed by atoms with Crippen LogP contribution in [-0.4, -0.2) is 36.5 Å². The largest absolute Gasteiger partial charge is 0.398 e. The summed E-state index contributed by atoms with van der Waals surface area (Å²) in [5.41, 5.74) is 12.2. The van der Waals surface area contributed by atoms with Crippen LogP contribution in [0.2, 0.25) is 0 Å². The predicted octanol–water partition coefficient (Wildman–Crippen LogP) is 4.20. The zero-order chi connectivity index (χ0) is 17.5. The summed E-state index contributed by atoms with van der Waals surface area (Å²) in [5, 5.41) is 0. The lowest BCUT2D eigenvalue weighted by atomic mass is 9.76. The lowest BCUT2D eigenvalue weighted by molar-refractivity contribution is 0.188. The Labute approximate surface area is 144 Å². The number of carbonyl (C=O) groups excluding carboxylic acids is 1. The summed E-state index contributed by atoms with van der Waals surface area (Å²) in [6.45, 7) is 5.25. The molecule has 24 heavy (non-hydrogen) atoms. The van der Waals surface area contributed by atoms with Crippen molar-refractivity contribution >= 4 is 22.9 Å². The van der Waals surface area contributed by atoms with E-state index in [4.69, 9.17) is 5.73 Å². The maximum Gasteiger partial charge on any atom is 0.323 e. The molecule has 1 aliphatic carbocycles. The monoisotopic (exact) mass is 325 g/mol. The van der Waals surface area contributed by atoms with Gasteiger partial charge in [0, 0.05) is 38.1 Å². The van der Waals surface area contributed by atoms with Crippen LogP contribution in [0.3, 0.4) is 0 Å². The SMILES string of the molecule is CN1C=C(c2ccc(N)c(C3=CCC(C)(C)CC3)c2)CN(C)C1=O. The van der Waals surface area contributed by atoms with Gasteiger partial charge in [0.25, 0.3) is 0 Å². The molecule has 1 aromatic carbocycles. The molecule has 3 rings (SSSR count). The molecule has 1 heterocycles. The smallest absolute Gasteiger partial charge is 0.323 e. The van der Waals surface area contributed by atoms with E-state index in [-0.39, 0.29) is 6.03 Å². The zero-order valence-electron chi connectivity index (χ0n) is 15.1. The summed E-state index contributed by atoms with van der Waals surface area (Å²) in [7, 11) is 3.62. The minimum atomic E-state index is 0.0200. The highest BCUT2D eigenvalue weighted by Crippen LogP contribution is 2.40. The first-order chi connectivity index (χ1) is 11.3. The third-order valence-corrected chi connectivity index (χ3v) is 5.13. The number of hydrogen-bond acceptors (Lipinski definition) is 2. The first kappa shape index (κ1) is 16.6. The number of carbonyl (C=O) groups is 1. The molecular formula is C20H27N3O. The van der Waals surface area contributed by atoms with Crippen LogP contribution < -0.4 is 5.73 Å². The summed E-state index contributed by atoms with van der Waals surface area (Å²) >= 11 is 0. The Kier molecular flexibility index (Phi) is 4.16. The van der Waals surface area contributed by atoms with E-state index in [1.54, 1.807) is 16.8 Å². The van der Waals surface area contributed by atoms with E-state index in [9.17, 15) is 4.79 Å². The van der Waals surface area contributed by atoms with Crippen molar-refractivity contribution in [3.05, 3.63) is 41.6 Å². The van der Waals surface area contributed by atoms with E-state index in [1.165, 1.54) is 12.0 Å². The van der Waals surface area contributed by atoms with Crippen molar-refractivity contribution in [3.8, 4) is 0 Å². The number of benzene rings is 1. The lowest BCUT2D eigenvalue weighted by Crippen LogP contribution is -2.40. The van der Waals surface area contributed by atoms with Gasteiger partial charge in [0.15, 0.2) is 0 Å². The standard InChI is InChI=1S/C20H27N3O/c1-20(2)9-7-14(8-10-20)17-11-15(5-6-18(17)21)16-12-22(3)19(24)23(4)13-16/h5-7,11-12H,8-10,13,21H2,1-4H3. The number of rotatable bonds is 2. The van der Waals surface area contributed by atoms with Crippen molar-refractivity contribution in [2.75, 3.05) is 26.4 Å². The summed E-state index contributed by atoms with van der Waals surface area (Å²) in [4.78, 5) is 15.3. The molecule has 2 aliphatic rings. The highest BCUT2D eigenvalue weighted by atomic mass is 16.2. The highest BCUT2D eigenvalue weighted by molar-refractivity contribution is 5.85. The Morgan fingerprint density at radius 1 is 1.17 bits per heavy atom. The van der Waals surface area contributed by atoms with E-state index in [0.29, 0.717) is 12.0 Å². The molecule has 0 spiro atoms. The van der Waals surface area contributed by atoms with Gasteiger partial charge in [0.1, 0.15) is 0 Å². The fourth-order valence-electron chi connectivity index (χ4n) is 3.44. The molecule has 1 aromatic rings. The van der Waals surface area contributed by atoms with Crippen molar-refractivity contribution < 1.29 is 4.79 Å². The third kappa shape index (κ3) is 3.18. The van der Waals surface area contributed by atoms with Gasteiger partial charge in [0.2, 0.25) is 0 Å². The van der Waals surface area contributed by atoms with Gasteiger partial charge in [-0.25, -0.2) is 4.79 Å². The average Bonchev–Trinajstić information content (AvgIpc) is 2.53. The molecule has 0 unspecified atom stereocenters. The van der Waals surface area contributed by atoms with Crippen LogP contribution in [0.5, 0.6) is 0 Å². The quantitative estimate of drug-likeness (QED) is 0.828. The number of anilines is 1. The molecular weight excluding hydrogens is 298 g/mol. The van der Waals surface area contributed by atoms with Crippen LogP contribution in [0.25, 0.3) is 11.1 Å². The molecule has 4 heteroatoms. The number of hydrogen-bond donors (Lipinski definition) is 1. The molecule has 128 valence electrons. The van der Waals surface area contributed by atoms with Crippen LogP contribution in [0.1, 0.15) is 44.2 Å². The summed E-state index contributed by atoms with van der Waals surface area (Å²) in [6, 6.07) is 6.24. The Morgan fingerprint density at radius 3 is 2.54 bits per heavy atom. The van der Waals surface area contributed by atoms with Crippen molar-refractivity contribution in [3.63, 3.8) is 0 Å². The van der Waals surface area contributed by atoms with Gasteiger partial charge in [-0.15, -0.1) is 0 Å². The van der Waals surface area contributed by atoms with E-state index < -0.39 is 0 Å². The molecule has 1 aliphatic heterocycles. The van der Waals surface area contributed by atoms with Crippen molar-refractivity contribution in [1.29, 1.82) is 0 Å². The van der Waals surface area contributed by atoms with Gasteiger partial charge < -0.3 is 15.5 Å². The number of nitrogen functional groups attached to an aromatic ring is 1. The summed E-state index contributed by atoms with van der Waals surface area (Å²) in [6.07, 6.45) is 7.61. The molecule has 0 fully saturated rings. The zero-order valence-corrected chi connectivity index (χ0v) is 15.1. The second-order valence-corrected chi connectivity index (χ2v) is 7.80. The average molecular weight is 325 g/mol. The number of likely N-dealkylation sites (N-methyl/N-ethyl adjacent to an activating group) is 1. The fourth-order valence-corrected chi connectivity index (χ4v) is 3.44. The molecule has 2 N–H and O–H groups in total. The summed E-state index contributed by atoms with van der Waals surface area (Å²) < 4.78 is 0. The highest BCUT2D eigenvalue weighted by Gasteiger charge is 2.24. The second kappa shape index (κ2) is 6.00. The Morgan fingerprint density at radius 2 is 1.92 bits per heavy atom. The lowest BCUT2D eigenvalue weighted by Gasteiger charge is -2.31. The molecule has 0 bridgehead atoms. The van der Waals surface area contributed by atoms with Gasteiger partial charge in [-0.05, 0) is 53.5 Å². The summed E-state index contributed by atoms with van der Waals surface area (Å²) in [5.74, 6) is 0. The predicted molar refractivity (Wildman–Crippen MR) is 100 cm³/mol. The van der Waals surface area contributed by atoms with E-state index in [2.05, 4.69) is 32.1 Å². The van der Waals surface area contributed by atoms with E-state index in [1.807, 2.05) is 19.3 Å². The second-order valence-electron chi connectivity index (χ2n) is 7.80. The maximum atomic E-state index is 11.9. The van der Waals surface area contributed by atoms with E-state index >= 15 is 0 Å². The minimum Gasteiger partial charge on any atom is -0.398 e. The Hall–Kier alpha value is -2.23. The van der Waals surface area contributed by atoms with Crippen LogP contribution in [-0.2, 0) is 0 Å². The Balaban J connectivity index is 1.94. The molecule has 0 atom stereocenters. The third-order valence-electron chi connectivity index (χ3n) is 5.13. The van der Waals surface area contributed by atoms with Crippen LogP contribution in [0, 0.1) is 5.41 Å². The van der Waals surface area contributed by atoms with Gasteiger partial charge in [-0.2, -0.15) is 0 Å². The number of amides is 2. The molecule has 0 aromatic heterocycles. The number of nitrogens with zero attached hydrogens (tertiary/aromatic N) is 2. The van der Waals surface area contributed by atoms with Crippen molar-refractivity contribution in [2.24, 2.45) is 5.41 Å². The van der Waals surface area contributed by atoms with Crippen LogP contribution >= 0.6 is 0 Å². The van der Waals surface area contributed by atoms with Crippen molar-refractivity contribution in [1.82, 2.24) is 9.80 Å². The minimum absolute atomic E-state index is 0.0200. The number of allylic oxidation sites excluding steroid dienone is 2. The first-order valence-electron chi connectivity index (χ1n) is 8.55. The number of nitrogens with two attached hydrogens (primary N) is 1. The first-order valence-corrected chi connectivity index (χ1v) is 8.55. The molecule has 4 nitrogen and oxygen atoms in total. The normalized spacial score (nSPS) is 20.8. The topological polar surface area (TPSA) is 49.6 Å². The Bertz CT molecular complexity index is 730. The van der Waals surface area contributed by atoms with Gasteiger partial charge in [-0.3, -0.25) is 0 Å². The van der Waals surface area contributed by atoms with Gasteiger partial charge >= 0.3 is 6.03 Å². The fraction of sp³-hybridized carbons (Fsp3) is 0.450. The van der Waals surface area contributed by atoms with Crippen LogP contribution in [0.15, 0.2) is 30.5 Å². The van der Waals surface area contributed by atoms with Crippen molar-refractivity contribution in [2.45, 2.75) is 33.1 Å². The van der Waals surface area contributed by atoms with Gasteiger partial charge in [0.05, 0.1) is 0 Å². The number of urea groups is 1. The van der Waals surface area contributed by atoms with Crippen LogP contribution in [0.4, 0.5) is 10.5 Å². The van der Waals surface area contributed by atoms with Gasteiger partial charge in [-0.1, -0.05) is 26.0 Å². The molecule has 0 saturated carbocycles. The molecule has 0 radical (unpaired) electrons.